The molecule has 1 atom stereocenters. The molecular formula is C25H23BrN2O2S. The molecule has 1 fully saturated rings. The SMILES string of the molecule is CCCc1ccccc1N1C(=O)CSC1c1ccc(NC(=O)c2cccc(Br)c2)cc1. The molecule has 31 heavy (non-hydrogen) atoms. The first-order valence-electron chi connectivity index (χ1n) is 10.2. The van der Waals surface area contributed by atoms with Crippen molar-refractivity contribution in [3.8, 4) is 0 Å². The van der Waals surface area contributed by atoms with E-state index in [1.165, 1.54) is 5.56 Å². The summed E-state index contributed by atoms with van der Waals surface area (Å²) in [6, 6.07) is 23.2. The average Bonchev–Trinajstić information content (AvgIpc) is 3.16. The highest BCUT2D eigenvalue weighted by Crippen LogP contribution is 2.43. The molecule has 4 rings (SSSR count). The Hall–Kier alpha value is -2.57. The molecule has 3 aromatic carbocycles. The van der Waals surface area contributed by atoms with Gasteiger partial charge in [0.05, 0.1) is 5.75 Å². The van der Waals surface area contributed by atoms with Crippen molar-refractivity contribution in [1.29, 1.82) is 0 Å². The molecule has 0 aliphatic carbocycles. The summed E-state index contributed by atoms with van der Waals surface area (Å²) in [6.45, 7) is 2.15. The molecular weight excluding hydrogens is 472 g/mol. The van der Waals surface area contributed by atoms with Gasteiger partial charge in [-0.2, -0.15) is 0 Å². The second-order valence-corrected chi connectivity index (χ2v) is 9.38. The van der Waals surface area contributed by atoms with E-state index in [9.17, 15) is 9.59 Å². The minimum Gasteiger partial charge on any atom is -0.322 e. The van der Waals surface area contributed by atoms with Crippen molar-refractivity contribution in [2.75, 3.05) is 16.0 Å². The van der Waals surface area contributed by atoms with Crippen LogP contribution < -0.4 is 10.2 Å². The number of halogens is 1. The van der Waals surface area contributed by atoms with Crippen LogP contribution >= 0.6 is 27.7 Å². The molecule has 2 amide bonds. The Morgan fingerprint density at radius 3 is 2.61 bits per heavy atom. The van der Waals surface area contributed by atoms with Crippen LogP contribution in [0.4, 0.5) is 11.4 Å². The molecule has 0 aromatic heterocycles. The molecule has 1 saturated heterocycles. The summed E-state index contributed by atoms with van der Waals surface area (Å²) in [4.78, 5) is 27.2. The molecule has 1 N–H and O–H groups in total. The van der Waals surface area contributed by atoms with Crippen LogP contribution in [-0.4, -0.2) is 17.6 Å². The smallest absolute Gasteiger partial charge is 0.255 e. The van der Waals surface area contributed by atoms with Gasteiger partial charge in [0.2, 0.25) is 5.91 Å². The molecule has 1 unspecified atom stereocenters. The molecule has 1 aliphatic rings. The summed E-state index contributed by atoms with van der Waals surface area (Å²) < 4.78 is 0.863. The summed E-state index contributed by atoms with van der Waals surface area (Å²) in [7, 11) is 0. The quantitative estimate of drug-likeness (QED) is 0.429. The molecule has 0 radical (unpaired) electrons. The topological polar surface area (TPSA) is 49.4 Å². The van der Waals surface area contributed by atoms with Crippen molar-refractivity contribution in [1.82, 2.24) is 0 Å². The largest absolute Gasteiger partial charge is 0.322 e. The van der Waals surface area contributed by atoms with E-state index in [-0.39, 0.29) is 17.2 Å². The first-order valence-corrected chi connectivity index (χ1v) is 12.1. The zero-order chi connectivity index (χ0) is 21.8. The van der Waals surface area contributed by atoms with Gasteiger partial charge >= 0.3 is 0 Å². The second kappa shape index (κ2) is 9.71. The van der Waals surface area contributed by atoms with E-state index in [1.54, 1.807) is 23.9 Å². The van der Waals surface area contributed by atoms with Gasteiger partial charge in [0.1, 0.15) is 5.37 Å². The van der Waals surface area contributed by atoms with Crippen LogP contribution in [0.3, 0.4) is 0 Å². The summed E-state index contributed by atoms with van der Waals surface area (Å²) in [5.41, 5.74) is 4.55. The number of benzene rings is 3. The van der Waals surface area contributed by atoms with Gasteiger partial charge in [0.15, 0.2) is 0 Å². The number of anilines is 2. The maximum atomic E-state index is 12.8. The van der Waals surface area contributed by atoms with Crippen molar-refractivity contribution in [2.24, 2.45) is 0 Å². The van der Waals surface area contributed by atoms with Crippen molar-refractivity contribution in [2.45, 2.75) is 25.1 Å². The lowest BCUT2D eigenvalue weighted by Gasteiger charge is -2.26. The number of nitrogens with one attached hydrogen (secondary N) is 1. The standard InChI is InChI=1S/C25H23BrN2O2S/c1-2-6-17-7-3-4-10-22(17)28-23(29)16-31-25(28)18-11-13-21(14-12-18)27-24(30)19-8-5-9-20(26)15-19/h3-5,7-15,25H,2,6,16H2,1H3,(H,27,30). The summed E-state index contributed by atoms with van der Waals surface area (Å²) in [6.07, 6.45) is 1.97. The van der Waals surface area contributed by atoms with Crippen molar-refractivity contribution >= 4 is 50.9 Å². The predicted molar refractivity (Wildman–Crippen MR) is 132 cm³/mol. The van der Waals surface area contributed by atoms with Crippen LogP contribution in [0.25, 0.3) is 0 Å². The number of hydrogen-bond donors (Lipinski definition) is 1. The van der Waals surface area contributed by atoms with Crippen LogP contribution in [0.1, 0.15) is 40.2 Å². The molecule has 0 saturated carbocycles. The van der Waals surface area contributed by atoms with E-state index < -0.39 is 0 Å². The zero-order valence-corrected chi connectivity index (χ0v) is 19.6. The maximum absolute atomic E-state index is 12.8. The highest BCUT2D eigenvalue weighted by molar-refractivity contribution is 9.10. The highest BCUT2D eigenvalue weighted by Gasteiger charge is 2.34. The lowest BCUT2D eigenvalue weighted by atomic mass is 10.1. The minimum absolute atomic E-state index is 0.0691. The first kappa shape index (κ1) is 21.7. The lowest BCUT2D eigenvalue weighted by Crippen LogP contribution is -2.28. The summed E-state index contributed by atoms with van der Waals surface area (Å²) in [5.74, 6) is 0.437. The fourth-order valence-corrected chi connectivity index (χ4v) is 5.29. The normalized spacial score (nSPS) is 15.9. The third kappa shape index (κ3) is 4.86. The molecule has 1 aliphatic heterocycles. The zero-order valence-electron chi connectivity index (χ0n) is 17.2. The molecule has 1 heterocycles. The van der Waals surface area contributed by atoms with E-state index in [1.807, 2.05) is 59.5 Å². The predicted octanol–water partition coefficient (Wildman–Crippen LogP) is 6.43. The Balaban J connectivity index is 1.54. The third-order valence-electron chi connectivity index (χ3n) is 5.18. The lowest BCUT2D eigenvalue weighted by molar-refractivity contribution is -0.115. The Morgan fingerprint density at radius 2 is 1.87 bits per heavy atom. The number of para-hydroxylation sites is 1. The number of thioether (sulfide) groups is 1. The average molecular weight is 495 g/mol. The molecule has 0 bridgehead atoms. The Labute approximate surface area is 195 Å². The Bertz CT molecular complexity index is 1100. The van der Waals surface area contributed by atoms with Crippen LogP contribution in [-0.2, 0) is 11.2 Å². The number of aryl methyl sites for hydroxylation is 1. The van der Waals surface area contributed by atoms with Gasteiger partial charge in [0.25, 0.3) is 5.91 Å². The highest BCUT2D eigenvalue weighted by atomic mass is 79.9. The number of amides is 2. The van der Waals surface area contributed by atoms with Gasteiger partial charge in [-0.3, -0.25) is 14.5 Å². The van der Waals surface area contributed by atoms with Crippen molar-refractivity contribution < 1.29 is 9.59 Å². The number of rotatable bonds is 6. The number of carbonyl (C=O) groups excluding carboxylic acids is 2. The third-order valence-corrected chi connectivity index (χ3v) is 6.88. The number of nitrogens with zero attached hydrogens (tertiary/aromatic N) is 1. The van der Waals surface area contributed by atoms with E-state index >= 15 is 0 Å². The fraction of sp³-hybridized carbons (Fsp3) is 0.200. The number of carbonyl (C=O) groups is 2. The Morgan fingerprint density at radius 1 is 1.10 bits per heavy atom. The summed E-state index contributed by atoms with van der Waals surface area (Å²) >= 11 is 5.03. The van der Waals surface area contributed by atoms with E-state index in [0.29, 0.717) is 11.3 Å². The van der Waals surface area contributed by atoms with E-state index in [2.05, 4.69) is 34.2 Å². The van der Waals surface area contributed by atoms with Crippen LogP contribution in [0.15, 0.2) is 77.3 Å². The minimum atomic E-state index is -0.158. The Kier molecular flexibility index (Phi) is 6.78. The van der Waals surface area contributed by atoms with Gasteiger partial charge in [0, 0.05) is 21.4 Å². The van der Waals surface area contributed by atoms with E-state index in [4.69, 9.17) is 0 Å². The maximum Gasteiger partial charge on any atom is 0.255 e. The van der Waals surface area contributed by atoms with Gasteiger partial charge in [-0.15, -0.1) is 11.8 Å². The second-order valence-electron chi connectivity index (χ2n) is 7.39. The van der Waals surface area contributed by atoms with Gasteiger partial charge in [-0.25, -0.2) is 0 Å². The van der Waals surface area contributed by atoms with Gasteiger partial charge in [-0.1, -0.05) is 65.7 Å². The van der Waals surface area contributed by atoms with Gasteiger partial charge in [-0.05, 0) is 53.9 Å². The molecule has 4 nitrogen and oxygen atoms in total. The van der Waals surface area contributed by atoms with Crippen LogP contribution in [0.5, 0.6) is 0 Å². The van der Waals surface area contributed by atoms with Crippen molar-refractivity contribution in [3.63, 3.8) is 0 Å². The molecule has 3 aromatic rings. The van der Waals surface area contributed by atoms with E-state index in [0.717, 1.165) is 34.3 Å². The molecule has 158 valence electrons. The monoisotopic (exact) mass is 494 g/mol. The van der Waals surface area contributed by atoms with Crippen molar-refractivity contribution in [3.05, 3.63) is 94.0 Å². The number of hydrogen-bond acceptors (Lipinski definition) is 3. The van der Waals surface area contributed by atoms with Crippen LogP contribution in [0, 0.1) is 0 Å². The molecule has 0 spiro atoms. The fourth-order valence-electron chi connectivity index (χ4n) is 3.72. The van der Waals surface area contributed by atoms with Gasteiger partial charge < -0.3 is 5.32 Å². The molecule has 6 heteroatoms. The summed E-state index contributed by atoms with van der Waals surface area (Å²) in [5, 5.41) is 2.86. The van der Waals surface area contributed by atoms with Crippen LogP contribution in [0.2, 0.25) is 0 Å². The first-order chi connectivity index (χ1) is 15.1.